The predicted molar refractivity (Wildman–Crippen MR) is 124 cm³/mol. The molecule has 0 spiro atoms. The lowest BCUT2D eigenvalue weighted by molar-refractivity contribution is -0.660. The number of aromatic nitrogens is 2. The molecule has 0 saturated heterocycles. The van der Waals surface area contributed by atoms with Crippen molar-refractivity contribution in [2.75, 3.05) is 0 Å². The van der Waals surface area contributed by atoms with Gasteiger partial charge in [-0.2, -0.15) is 0 Å². The maximum atomic E-state index is 15.4. The van der Waals surface area contributed by atoms with Crippen LogP contribution in [0, 0.1) is 12.7 Å². The number of furan rings is 1. The minimum Gasteiger partial charge on any atom is -0.455 e. The fourth-order valence-electron chi connectivity index (χ4n) is 5.08. The van der Waals surface area contributed by atoms with E-state index in [-0.39, 0.29) is 5.82 Å². The zero-order chi connectivity index (χ0) is 22.7. The minimum absolute atomic E-state index is 0.361. The van der Waals surface area contributed by atoms with Gasteiger partial charge >= 0.3 is 0 Å². The number of hydrogen-bond acceptors (Lipinski definition) is 2. The van der Waals surface area contributed by atoms with E-state index in [1.807, 2.05) is 43.7 Å². The van der Waals surface area contributed by atoms with E-state index in [0.29, 0.717) is 30.4 Å². The predicted octanol–water partition coefficient (Wildman–Crippen LogP) is 6.19. The standard InChI is InChI=1S/C28H24FN2O/c1-17-6-9-21-22-10-11-23(29)26(19-7-8-20-16-30-13-12-18(20)15-19)28(22)32-27(21)25(17)24-5-3-4-14-31(24)2/h3-6,9-14,16,19H,7-8,15H2,1-2H3/q+1/i19D. The molecule has 32 heavy (non-hydrogen) atoms. The molecule has 0 bridgehead atoms. The van der Waals surface area contributed by atoms with Gasteiger partial charge in [-0.1, -0.05) is 12.1 Å². The first kappa shape index (κ1) is 18.1. The molecule has 3 nitrogen and oxygen atoms in total. The summed E-state index contributed by atoms with van der Waals surface area (Å²) in [4.78, 5) is 4.21. The van der Waals surface area contributed by atoms with Crippen molar-refractivity contribution in [3.63, 3.8) is 0 Å². The minimum atomic E-state index is -1.10. The third kappa shape index (κ3) is 2.86. The lowest BCUT2D eigenvalue weighted by Gasteiger charge is -2.25. The van der Waals surface area contributed by atoms with E-state index in [1.54, 1.807) is 12.3 Å². The van der Waals surface area contributed by atoms with Crippen LogP contribution in [0.1, 0.15) is 35.9 Å². The zero-order valence-electron chi connectivity index (χ0n) is 19.2. The number of fused-ring (bicyclic) bond motifs is 4. The van der Waals surface area contributed by atoms with Gasteiger partial charge in [0.05, 0.1) is 5.56 Å². The molecule has 0 fully saturated rings. The van der Waals surface area contributed by atoms with Crippen LogP contribution >= 0.6 is 0 Å². The lowest BCUT2D eigenvalue weighted by atomic mass is 9.80. The first-order valence-corrected chi connectivity index (χ1v) is 11.0. The monoisotopic (exact) mass is 424 g/mol. The number of benzene rings is 2. The average molecular weight is 425 g/mol. The summed E-state index contributed by atoms with van der Waals surface area (Å²) in [6.45, 7) is 2.06. The number of hydrogen-bond donors (Lipinski definition) is 0. The SMILES string of the molecule is [2H]C1(c2c(F)ccc3c2oc2c(-c4cccc[n+]4C)c(C)ccc23)CCc2cnccc2C1. The molecule has 1 aliphatic carbocycles. The molecule has 1 atom stereocenters. The van der Waals surface area contributed by atoms with Gasteiger partial charge in [-0.15, -0.1) is 0 Å². The van der Waals surface area contributed by atoms with E-state index in [1.165, 1.54) is 6.07 Å². The topological polar surface area (TPSA) is 29.9 Å². The Bertz CT molecular complexity index is 1560. The van der Waals surface area contributed by atoms with Crippen LogP contribution in [0.2, 0.25) is 0 Å². The summed E-state index contributed by atoms with van der Waals surface area (Å²) in [5, 5.41) is 1.80. The molecule has 0 aliphatic heterocycles. The number of aryl methyl sites for hydroxylation is 3. The molecule has 4 heteroatoms. The van der Waals surface area contributed by atoms with Crippen molar-refractivity contribution >= 4 is 21.9 Å². The molecule has 0 radical (unpaired) electrons. The van der Waals surface area contributed by atoms with Crippen LogP contribution in [0.4, 0.5) is 4.39 Å². The Morgan fingerprint density at radius 2 is 1.91 bits per heavy atom. The Morgan fingerprint density at radius 1 is 1.06 bits per heavy atom. The fourth-order valence-corrected chi connectivity index (χ4v) is 5.08. The summed E-state index contributed by atoms with van der Waals surface area (Å²) < 4.78 is 33.4. The summed E-state index contributed by atoms with van der Waals surface area (Å²) >= 11 is 0. The molecular weight excluding hydrogens is 399 g/mol. The van der Waals surface area contributed by atoms with Crippen LogP contribution in [-0.2, 0) is 19.9 Å². The van der Waals surface area contributed by atoms with Gasteiger partial charge in [0, 0.05) is 42.2 Å². The number of halogens is 1. The largest absolute Gasteiger partial charge is 0.455 e. The third-order valence-electron chi connectivity index (χ3n) is 6.74. The van der Waals surface area contributed by atoms with Crippen LogP contribution in [0.3, 0.4) is 0 Å². The second kappa shape index (κ2) is 7.27. The van der Waals surface area contributed by atoms with Crippen LogP contribution in [0.5, 0.6) is 0 Å². The normalized spacial score (nSPS) is 18.7. The van der Waals surface area contributed by atoms with Gasteiger partial charge < -0.3 is 4.42 Å². The van der Waals surface area contributed by atoms with Crippen molar-refractivity contribution in [1.29, 1.82) is 0 Å². The Morgan fingerprint density at radius 3 is 2.78 bits per heavy atom. The highest BCUT2D eigenvalue weighted by Gasteiger charge is 2.28. The molecule has 3 heterocycles. The summed E-state index contributed by atoms with van der Waals surface area (Å²) in [5.74, 6) is -1.48. The van der Waals surface area contributed by atoms with E-state index in [4.69, 9.17) is 4.42 Å². The van der Waals surface area contributed by atoms with Crippen molar-refractivity contribution in [2.45, 2.75) is 32.1 Å². The quantitative estimate of drug-likeness (QED) is 0.316. The summed E-state index contributed by atoms with van der Waals surface area (Å²) in [7, 11) is 2.01. The molecule has 5 aromatic rings. The Balaban J connectivity index is 1.63. The van der Waals surface area contributed by atoms with Crippen molar-refractivity contribution < 1.29 is 14.7 Å². The number of rotatable bonds is 2. The van der Waals surface area contributed by atoms with Crippen LogP contribution < -0.4 is 4.57 Å². The lowest BCUT2D eigenvalue weighted by Crippen LogP contribution is -2.30. The van der Waals surface area contributed by atoms with Gasteiger partial charge in [-0.05, 0) is 73.0 Å². The number of nitrogens with zero attached hydrogens (tertiary/aromatic N) is 2. The van der Waals surface area contributed by atoms with Crippen LogP contribution in [0.25, 0.3) is 33.2 Å². The van der Waals surface area contributed by atoms with Crippen molar-refractivity contribution in [3.05, 3.63) is 95.2 Å². The van der Waals surface area contributed by atoms with Crippen LogP contribution in [0.15, 0.2) is 71.5 Å². The third-order valence-corrected chi connectivity index (χ3v) is 6.74. The molecule has 2 aromatic carbocycles. The van der Waals surface area contributed by atoms with E-state index in [0.717, 1.165) is 44.3 Å². The molecule has 0 amide bonds. The van der Waals surface area contributed by atoms with E-state index >= 15 is 4.39 Å². The molecule has 1 unspecified atom stereocenters. The van der Waals surface area contributed by atoms with E-state index in [2.05, 4.69) is 28.6 Å². The van der Waals surface area contributed by atoms with Crippen molar-refractivity contribution in [3.8, 4) is 11.3 Å². The van der Waals surface area contributed by atoms with Gasteiger partial charge in [0.25, 0.3) is 0 Å². The molecule has 158 valence electrons. The van der Waals surface area contributed by atoms with Gasteiger partial charge in [-0.3, -0.25) is 4.98 Å². The van der Waals surface area contributed by atoms with Gasteiger partial charge in [0.15, 0.2) is 6.20 Å². The molecular formula is C28H24FN2O+. The first-order chi connectivity index (χ1) is 16.0. The summed E-state index contributed by atoms with van der Waals surface area (Å²) in [6.07, 6.45) is 7.29. The highest BCUT2D eigenvalue weighted by Crippen LogP contribution is 2.43. The Hall–Kier alpha value is -3.53. The smallest absolute Gasteiger partial charge is 0.216 e. The molecule has 3 aromatic heterocycles. The second-order valence-electron chi connectivity index (χ2n) is 8.66. The molecule has 0 N–H and O–H groups in total. The first-order valence-electron chi connectivity index (χ1n) is 11.5. The Kier molecular flexibility index (Phi) is 4.11. The molecule has 6 rings (SSSR count). The molecule has 0 saturated carbocycles. The maximum absolute atomic E-state index is 15.4. The van der Waals surface area contributed by atoms with Crippen LogP contribution in [-0.4, -0.2) is 4.98 Å². The van der Waals surface area contributed by atoms with Gasteiger partial charge in [0.2, 0.25) is 5.69 Å². The van der Waals surface area contributed by atoms with E-state index < -0.39 is 5.89 Å². The fraction of sp³-hybridized carbons (Fsp3) is 0.214. The summed E-state index contributed by atoms with van der Waals surface area (Å²) in [6, 6.07) is 15.4. The highest BCUT2D eigenvalue weighted by molar-refractivity contribution is 6.10. The number of pyridine rings is 2. The van der Waals surface area contributed by atoms with Gasteiger partial charge in [0.1, 0.15) is 24.0 Å². The Labute approximate surface area is 187 Å². The molecule has 1 aliphatic rings. The highest BCUT2D eigenvalue weighted by atomic mass is 19.1. The van der Waals surface area contributed by atoms with E-state index in [9.17, 15) is 1.37 Å². The summed E-state index contributed by atoms with van der Waals surface area (Å²) in [5.41, 5.74) is 6.91. The van der Waals surface area contributed by atoms with Crippen molar-refractivity contribution in [1.82, 2.24) is 4.98 Å². The average Bonchev–Trinajstić information content (AvgIpc) is 3.17. The second-order valence-corrected chi connectivity index (χ2v) is 8.66. The van der Waals surface area contributed by atoms with Gasteiger partial charge in [-0.25, -0.2) is 8.96 Å². The zero-order valence-corrected chi connectivity index (χ0v) is 18.2. The van der Waals surface area contributed by atoms with Crippen molar-refractivity contribution in [2.24, 2.45) is 7.05 Å². The maximum Gasteiger partial charge on any atom is 0.216 e.